The molecule has 3 atom stereocenters. The van der Waals surface area contributed by atoms with Crippen molar-refractivity contribution in [1.29, 1.82) is 0 Å². The van der Waals surface area contributed by atoms with E-state index in [1.165, 1.54) is 51.9 Å². The lowest BCUT2D eigenvalue weighted by molar-refractivity contribution is -0.0581. The second-order valence-corrected chi connectivity index (χ2v) is 5.72. The molecule has 3 aliphatic rings. The first-order valence-electron chi connectivity index (χ1n) is 6.25. The van der Waals surface area contributed by atoms with E-state index in [0.717, 1.165) is 11.8 Å². The van der Waals surface area contributed by atoms with Crippen molar-refractivity contribution < 1.29 is 0 Å². The summed E-state index contributed by atoms with van der Waals surface area (Å²) in [5, 5.41) is 3.62. The molecular weight excluding hydrogens is 172 g/mol. The van der Waals surface area contributed by atoms with Crippen LogP contribution < -0.4 is 5.32 Å². The van der Waals surface area contributed by atoms with E-state index in [9.17, 15) is 0 Å². The third-order valence-corrected chi connectivity index (χ3v) is 4.88. The van der Waals surface area contributed by atoms with E-state index in [4.69, 9.17) is 0 Å². The Morgan fingerprint density at radius 1 is 1.29 bits per heavy atom. The number of nitrogens with one attached hydrogen (secondary N) is 1. The van der Waals surface area contributed by atoms with Crippen molar-refractivity contribution in [3.63, 3.8) is 0 Å². The molecule has 3 rings (SSSR count). The fourth-order valence-electron chi connectivity index (χ4n) is 3.92. The Labute approximate surface area is 87.0 Å². The Bertz CT molecular complexity index is 222. The lowest BCUT2D eigenvalue weighted by Crippen LogP contribution is -2.64. The summed E-state index contributed by atoms with van der Waals surface area (Å²) in [5.74, 6) is 1.87. The number of rotatable bonds is 0. The Hall–Kier alpha value is -0.0800. The highest BCUT2D eigenvalue weighted by Gasteiger charge is 2.47. The minimum Gasteiger partial charge on any atom is -0.316 e. The Balaban J connectivity index is 1.86. The molecule has 0 unspecified atom stereocenters. The van der Waals surface area contributed by atoms with Crippen molar-refractivity contribution in [3.05, 3.63) is 0 Å². The van der Waals surface area contributed by atoms with Crippen LogP contribution in [0.25, 0.3) is 0 Å². The van der Waals surface area contributed by atoms with E-state index in [1.807, 2.05) is 0 Å². The Kier molecular flexibility index (Phi) is 2.10. The maximum Gasteiger partial charge on any atom is 0.0221 e. The van der Waals surface area contributed by atoms with Gasteiger partial charge in [-0.1, -0.05) is 6.42 Å². The molecule has 0 spiro atoms. The first kappa shape index (κ1) is 9.17. The summed E-state index contributed by atoms with van der Waals surface area (Å²) in [7, 11) is 0. The SMILES string of the molecule is C[C@]12CCCCN1C[C@H]1CNC[C@@H]2C1. The first-order valence-corrected chi connectivity index (χ1v) is 6.25. The smallest absolute Gasteiger partial charge is 0.0221 e. The van der Waals surface area contributed by atoms with Gasteiger partial charge in [0.15, 0.2) is 0 Å². The monoisotopic (exact) mass is 194 g/mol. The summed E-state index contributed by atoms with van der Waals surface area (Å²) in [6.45, 7) is 7.77. The zero-order chi connectivity index (χ0) is 9.60. The van der Waals surface area contributed by atoms with Crippen LogP contribution in [-0.2, 0) is 0 Å². The minimum atomic E-state index is 0.544. The minimum absolute atomic E-state index is 0.544. The van der Waals surface area contributed by atoms with Crippen LogP contribution >= 0.6 is 0 Å². The summed E-state index contributed by atoms with van der Waals surface area (Å²) >= 11 is 0. The molecule has 80 valence electrons. The molecule has 0 aliphatic carbocycles. The van der Waals surface area contributed by atoms with Gasteiger partial charge in [0.25, 0.3) is 0 Å². The predicted octanol–water partition coefficient (Wildman–Crippen LogP) is 1.47. The van der Waals surface area contributed by atoms with Crippen LogP contribution in [0.2, 0.25) is 0 Å². The molecule has 2 heteroatoms. The van der Waals surface area contributed by atoms with Crippen LogP contribution in [0.1, 0.15) is 32.6 Å². The molecule has 0 saturated carbocycles. The van der Waals surface area contributed by atoms with Crippen molar-refractivity contribution in [3.8, 4) is 0 Å². The molecule has 14 heavy (non-hydrogen) atoms. The highest BCUT2D eigenvalue weighted by Crippen LogP contribution is 2.43. The summed E-state index contributed by atoms with van der Waals surface area (Å²) in [6.07, 6.45) is 5.81. The van der Waals surface area contributed by atoms with E-state index in [1.54, 1.807) is 0 Å². The molecule has 2 bridgehead atoms. The lowest BCUT2D eigenvalue weighted by Gasteiger charge is -2.57. The summed E-state index contributed by atoms with van der Waals surface area (Å²) in [6, 6.07) is 0. The molecule has 0 radical (unpaired) electrons. The third kappa shape index (κ3) is 1.24. The molecule has 0 aromatic carbocycles. The van der Waals surface area contributed by atoms with Gasteiger partial charge in [0.1, 0.15) is 0 Å². The van der Waals surface area contributed by atoms with Crippen molar-refractivity contribution in [2.45, 2.75) is 38.1 Å². The highest BCUT2D eigenvalue weighted by molar-refractivity contribution is 5.03. The summed E-state index contributed by atoms with van der Waals surface area (Å²) in [4.78, 5) is 2.80. The van der Waals surface area contributed by atoms with E-state index < -0.39 is 0 Å². The normalized spacial score (nSPS) is 48.6. The standard InChI is InChI=1S/C12H22N2/c1-12-4-2-3-5-14(12)9-10-6-11(12)8-13-7-10/h10-11,13H,2-9H2,1H3/t10-,11+,12-/m1/s1. The van der Waals surface area contributed by atoms with Gasteiger partial charge in [-0.25, -0.2) is 0 Å². The van der Waals surface area contributed by atoms with E-state index >= 15 is 0 Å². The molecule has 0 aromatic heterocycles. The molecule has 0 aromatic rings. The Morgan fingerprint density at radius 3 is 3.14 bits per heavy atom. The largest absolute Gasteiger partial charge is 0.316 e. The quantitative estimate of drug-likeness (QED) is 0.628. The maximum absolute atomic E-state index is 3.62. The molecule has 3 heterocycles. The summed E-state index contributed by atoms with van der Waals surface area (Å²) < 4.78 is 0. The van der Waals surface area contributed by atoms with Crippen LogP contribution in [0, 0.1) is 11.8 Å². The van der Waals surface area contributed by atoms with Crippen LogP contribution in [0.4, 0.5) is 0 Å². The van der Waals surface area contributed by atoms with Crippen molar-refractivity contribution in [2.75, 3.05) is 26.2 Å². The van der Waals surface area contributed by atoms with Crippen LogP contribution in [0.15, 0.2) is 0 Å². The van der Waals surface area contributed by atoms with E-state index in [2.05, 4.69) is 17.1 Å². The van der Waals surface area contributed by atoms with Gasteiger partial charge in [0, 0.05) is 12.1 Å². The molecule has 3 fully saturated rings. The van der Waals surface area contributed by atoms with Crippen molar-refractivity contribution in [2.24, 2.45) is 11.8 Å². The van der Waals surface area contributed by atoms with Crippen LogP contribution in [0.3, 0.4) is 0 Å². The second-order valence-electron chi connectivity index (χ2n) is 5.72. The average Bonchev–Trinajstić information content (AvgIpc) is 2.21. The first-order chi connectivity index (χ1) is 6.79. The van der Waals surface area contributed by atoms with Crippen molar-refractivity contribution in [1.82, 2.24) is 10.2 Å². The molecule has 1 N–H and O–H groups in total. The van der Waals surface area contributed by atoms with Gasteiger partial charge in [-0.05, 0) is 57.7 Å². The predicted molar refractivity (Wildman–Crippen MR) is 58.3 cm³/mol. The second kappa shape index (κ2) is 3.21. The number of nitrogens with zero attached hydrogens (tertiary/aromatic N) is 1. The molecule has 3 aliphatic heterocycles. The molecule has 2 nitrogen and oxygen atoms in total. The maximum atomic E-state index is 3.62. The van der Waals surface area contributed by atoms with E-state index in [-0.39, 0.29) is 0 Å². The van der Waals surface area contributed by atoms with Gasteiger partial charge in [-0.15, -0.1) is 0 Å². The molecule has 0 amide bonds. The number of hydrogen-bond donors (Lipinski definition) is 1. The number of piperidine rings is 3. The zero-order valence-electron chi connectivity index (χ0n) is 9.26. The third-order valence-electron chi connectivity index (χ3n) is 4.88. The van der Waals surface area contributed by atoms with Crippen LogP contribution in [-0.4, -0.2) is 36.6 Å². The van der Waals surface area contributed by atoms with Crippen LogP contribution in [0.5, 0.6) is 0 Å². The van der Waals surface area contributed by atoms with Gasteiger partial charge in [-0.2, -0.15) is 0 Å². The van der Waals surface area contributed by atoms with Gasteiger partial charge < -0.3 is 5.32 Å². The van der Waals surface area contributed by atoms with Gasteiger partial charge >= 0.3 is 0 Å². The van der Waals surface area contributed by atoms with E-state index in [0.29, 0.717) is 5.54 Å². The van der Waals surface area contributed by atoms with Crippen molar-refractivity contribution >= 4 is 0 Å². The number of hydrogen-bond acceptors (Lipinski definition) is 2. The van der Waals surface area contributed by atoms with Gasteiger partial charge in [0.05, 0.1) is 0 Å². The average molecular weight is 194 g/mol. The topological polar surface area (TPSA) is 15.3 Å². The highest BCUT2D eigenvalue weighted by atomic mass is 15.2. The fraction of sp³-hybridized carbons (Fsp3) is 1.00. The van der Waals surface area contributed by atoms with Gasteiger partial charge in [0.2, 0.25) is 0 Å². The number of fused-ring (bicyclic) bond motifs is 4. The molecule has 3 saturated heterocycles. The zero-order valence-corrected chi connectivity index (χ0v) is 9.26. The summed E-state index contributed by atoms with van der Waals surface area (Å²) in [5.41, 5.74) is 0.544. The molecular formula is C12H22N2. The fourth-order valence-corrected chi connectivity index (χ4v) is 3.92. The van der Waals surface area contributed by atoms with Gasteiger partial charge in [-0.3, -0.25) is 4.90 Å². The Morgan fingerprint density at radius 2 is 2.21 bits per heavy atom. The lowest BCUT2D eigenvalue weighted by atomic mass is 9.68.